The molecule has 4 nitrogen and oxygen atoms in total. The van der Waals surface area contributed by atoms with Gasteiger partial charge >= 0.3 is 0 Å². The third kappa shape index (κ3) is 1.19. The van der Waals surface area contributed by atoms with Crippen molar-refractivity contribution in [1.29, 1.82) is 0 Å². The number of nitrogens with zero attached hydrogens (tertiary/aromatic N) is 3. The average molecular weight is 189 g/mol. The largest absolute Gasteiger partial charge is 0.296 e. The van der Waals surface area contributed by atoms with E-state index in [1.165, 1.54) is 0 Å². The van der Waals surface area contributed by atoms with Gasteiger partial charge in [-0.15, -0.1) is 0 Å². The van der Waals surface area contributed by atoms with Crippen molar-refractivity contribution >= 4 is 11.8 Å². The van der Waals surface area contributed by atoms with Crippen molar-refractivity contribution in [2.75, 3.05) is 0 Å². The Morgan fingerprint density at radius 3 is 2.93 bits per heavy atom. The second-order valence-corrected chi connectivity index (χ2v) is 3.45. The SMILES string of the molecule is CC(C)c1nc(C=O)c2cccnn12. The number of aromatic nitrogens is 3. The lowest BCUT2D eigenvalue weighted by Crippen LogP contribution is -1.99. The van der Waals surface area contributed by atoms with E-state index >= 15 is 0 Å². The molecule has 0 spiro atoms. The maximum atomic E-state index is 10.8. The van der Waals surface area contributed by atoms with Crippen molar-refractivity contribution in [3.63, 3.8) is 0 Å². The summed E-state index contributed by atoms with van der Waals surface area (Å²) in [5.41, 5.74) is 1.23. The molecule has 0 bridgehead atoms. The third-order valence-electron chi connectivity index (χ3n) is 2.09. The molecule has 2 heterocycles. The lowest BCUT2D eigenvalue weighted by Gasteiger charge is -2.01. The lowest BCUT2D eigenvalue weighted by molar-refractivity contribution is 0.112. The molecule has 0 N–H and O–H groups in total. The molecule has 4 heteroatoms. The number of aldehydes is 1. The summed E-state index contributed by atoms with van der Waals surface area (Å²) in [5, 5.41) is 4.17. The van der Waals surface area contributed by atoms with Crippen LogP contribution in [0.1, 0.15) is 36.1 Å². The van der Waals surface area contributed by atoms with Gasteiger partial charge in [0.25, 0.3) is 0 Å². The quantitative estimate of drug-likeness (QED) is 0.675. The van der Waals surface area contributed by atoms with Crippen LogP contribution in [0.2, 0.25) is 0 Å². The molecule has 2 rings (SSSR count). The maximum Gasteiger partial charge on any atom is 0.170 e. The van der Waals surface area contributed by atoms with Gasteiger partial charge in [-0.2, -0.15) is 5.10 Å². The van der Waals surface area contributed by atoms with E-state index in [2.05, 4.69) is 10.1 Å². The topological polar surface area (TPSA) is 47.3 Å². The molecule has 0 fully saturated rings. The van der Waals surface area contributed by atoms with E-state index < -0.39 is 0 Å². The number of hydrogen-bond donors (Lipinski definition) is 0. The van der Waals surface area contributed by atoms with Crippen molar-refractivity contribution in [2.45, 2.75) is 19.8 Å². The van der Waals surface area contributed by atoms with Crippen LogP contribution in [0, 0.1) is 0 Å². The van der Waals surface area contributed by atoms with E-state index in [9.17, 15) is 4.79 Å². The molecule has 0 aromatic carbocycles. The molecule has 0 radical (unpaired) electrons. The first-order valence-electron chi connectivity index (χ1n) is 4.53. The van der Waals surface area contributed by atoms with E-state index in [0.717, 1.165) is 17.6 Å². The van der Waals surface area contributed by atoms with Crippen LogP contribution in [0.25, 0.3) is 5.52 Å². The van der Waals surface area contributed by atoms with Gasteiger partial charge in [-0.1, -0.05) is 13.8 Å². The van der Waals surface area contributed by atoms with Crippen molar-refractivity contribution in [2.24, 2.45) is 0 Å². The Balaban J connectivity index is 2.79. The Morgan fingerprint density at radius 1 is 1.50 bits per heavy atom. The summed E-state index contributed by atoms with van der Waals surface area (Å²) in [7, 11) is 0. The fourth-order valence-electron chi connectivity index (χ4n) is 1.44. The zero-order valence-corrected chi connectivity index (χ0v) is 8.14. The van der Waals surface area contributed by atoms with Crippen LogP contribution in [0.4, 0.5) is 0 Å². The molecular formula is C10H11N3O. The van der Waals surface area contributed by atoms with Gasteiger partial charge < -0.3 is 0 Å². The third-order valence-corrected chi connectivity index (χ3v) is 2.09. The van der Waals surface area contributed by atoms with Gasteiger partial charge in [0.1, 0.15) is 11.5 Å². The monoisotopic (exact) mass is 189 g/mol. The van der Waals surface area contributed by atoms with E-state index in [4.69, 9.17) is 0 Å². The smallest absolute Gasteiger partial charge is 0.170 e. The molecular weight excluding hydrogens is 178 g/mol. The number of imidazole rings is 1. The average Bonchev–Trinajstić information content (AvgIpc) is 2.56. The molecule has 72 valence electrons. The van der Waals surface area contributed by atoms with Gasteiger partial charge in [0.05, 0.1) is 5.52 Å². The Hall–Kier alpha value is -1.71. The second kappa shape index (κ2) is 3.21. The first kappa shape index (κ1) is 8.87. The minimum Gasteiger partial charge on any atom is -0.296 e. The van der Waals surface area contributed by atoms with Crippen molar-refractivity contribution in [1.82, 2.24) is 14.6 Å². The number of hydrogen-bond acceptors (Lipinski definition) is 3. The molecule has 2 aromatic heterocycles. The van der Waals surface area contributed by atoms with Crippen molar-refractivity contribution < 1.29 is 4.79 Å². The normalized spacial score (nSPS) is 11.1. The highest BCUT2D eigenvalue weighted by Gasteiger charge is 2.12. The lowest BCUT2D eigenvalue weighted by atomic mass is 10.2. The van der Waals surface area contributed by atoms with E-state index in [1.807, 2.05) is 19.9 Å². The van der Waals surface area contributed by atoms with Crippen molar-refractivity contribution in [3.8, 4) is 0 Å². The van der Waals surface area contributed by atoms with E-state index in [-0.39, 0.29) is 5.92 Å². The number of carbonyl (C=O) groups excluding carboxylic acids is 1. The highest BCUT2D eigenvalue weighted by atomic mass is 16.1. The molecule has 0 aliphatic rings. The van der Waals surface area contributed by atoms with Crippen LogP contribution >= 0.6 is 0 Å². The fourth-order valence-corrected chi connectivity index (χ4v) is 1.44. The summed E-state index contributed by atoms with van der Waals surface area (Å²) < 4.78 is 1.72. The predicted molar refractivity (Wildman–Crippen MR) is 52.5 cm³/mol. The minimum atomic E-state index is 0.256. The van der Waals surface area contributed by atoms with Crippen LogP contribution in [-0.4, -0.2) is 20.9 Å². The highest BCUT2D eigenvalue weighted by molar-refractivity contribution is 5.83. The Morgan fingerprint density at radius 2 is 2.29 bits per heavy atom. The first-order chi connectivity index (χ1) is 6.74. The fraction of sp³-hybridized carbons (Fsp3) is 0.300. The van der Waals surface area contributed by atoms with Gasteiger partial charge in [-0.25, -0.2) is 9.50 Å². The minimum absolute atomic E-state index is 0.256. The molecule has 14 heavy (non-hydrogen) atoms. The Bertz CT molecular complexity index is 473. The molecule has 0 saturated heterocycles. The molecule has 0 unspecified atom stereocenters. The Labute approximate surface area is 81.6 Å². The molecule has 0 aliphatic carbocycles. The summed E-state index contributed by atoms with van der Waals surface area (Å²) in [6.07, 6.45) is 2.46. The van der Waals surface area contributed by atoms with E-state index in [1.54, 1.807) is 16.8 Å². The molecule has 0 amide bonds. The molecule has 0 aliphatic heterocycles. The van der Waals surface area contributed by atoms with Crippen LogP contribution < -0.4 is 0 Å². The standard InChI is InChI=1S/C10H11N3O/c1-7(2)10-12-8(6-14)9-4-3-5-11-13(9)10/h3-7H,1-2H3. The summed E-state index contributed by atoms with van der Waals surface area (Å²) in [4.78, 5) is 15.0. The van der Waals surface area contributed by atoms with Gasteiger partial charge in [0.2, 0.25) is 0 Å². The number of fused-ring (bicyclic) bond motifs is 1. The van der Waals surface area contributed by atoms with Gasteiger partial charge in [-0.3, -0.25) is 4.79 Å². The summed E-state index contributed by atoms with van der Waals surface area (Å²) in [6.45, 7) is 4.05. The second-order valence-electron chi connectivity index (χ2n) is 3.45. The van der Waals surface area contributed by atoms with Crippen LogP contribution in [0.3, 0.4) is 0 Å². The number of carbonyl (C=O) groups is 1. The first-order valence-corrected chi connectivity index (χ1v) is 4.53. The molecule has 2 aromatic rings. The predicted octanol–water partition coefficient (Wildman–Crippen LogP) is 1.67. The summed E-state index contributed by atoms with van der Waals surface area (Å²) in [6, 6.07) is 3.64. The number of rotatable bonds is 2. The van der Waals surface area contributed by atoms with Crippen molar-refractivity contribution in [3.05, 3.63) is 29.8 Å². The Kier molecular flexibility index (Phi) is 2.04. The summed E-state index contributed by atoms with van der Waals surface area (Å²) >= 11 is 0. The van der Waals surface area contributed by atoms with E-state index in [0.29, 0.717) is 5.69 Å². The van der Waals surface area contributed by atoms with Crippen LogP contribution in [0.5, 0.6) is 0 Å². The zero-order chi connectivity index (χ0) is 10.1. The van der Waals surface area contributed by atoms with Crippen LogP contribution in [0.15, 0.2) is 18.3 Å². The summed E-state index contributed by atoms with van der Waals surface area (Å²) in [5.74, 6) is 1.08. The van der Waals surface area contributed by atoms with Gasteiger partial charge in [-0.05, 0) is 12.1 Å². The maximum absolute atomic E-state index is 10.8. The molecule has 0 saturated carbocycles. The van der Waals surface area contributed by atoms with Gasteiger partial charge in [0.15, 0.2) is 6.29 Å². The van der Waals surface area contributed by atoms with Crippen LogP contribution in [-0.2, 0) is 0 Å². The zero-order valence-electron chi connectivity index (χ0n) is 8.14. The highest BCUT2D eigenvalue weighted by Crippen LogP contribution is 2.16. The van der Waals surface area contributed by atoms with Gasteiger partial charge in [0, 0.05) is 12.1 Å². The molecule has 0 atom stereocenters.